The van der Waals surface area contributed by atoms with Crippen molar-refractivity contribution in [1.29, 1.82) is 0 Å². The molecule has 3 fully saturated rings. The van der Waals surface area contributed by atoms with Crippen molar-refractivity contribution in [2.75, 3.05) is 19.6 Å². The number of β-amino-alcohol motifs (C(OH)–C–C–N with tert-alkyl or cyclic N) is 1. The Bertz CT molecular complexity index is 2270. The summed E-state index contributed by atoms with van der Waals surface area (Å²) in [6, 6.07) is 0.268. The number of phenols is 1. The first-order valence-electron chi connectivity index (χ1n) is 22.4. The maximum absolute atomic E-state index is 14.5. The molecule has 0 aromatic heterocycles. The minimum atomic E-state index is -2.20. The van der Waals surface area contributed by atoms with E-state index < -0.39 is 177 Å². The molecule has 2 aromatic rings. The number of nitrogens with zero attached hydrogens (tertiary/aromatic N) is 2. The summed E-state index contributed by atoms with van der Waals surface area (Å²) in [6.45, 7) is 0.604. The minimum Gasteiger partial charge on any atom is -0.504 e. The number of alkyl carbamates (subject to hydrolysis) is 1. The molecule has 2 aromatic carbocycles. The van der Waals surface area contributed by atoms with Crippen molar-refractivity contribution in [3.63, 3.8) is 0 Å². The Labute approximate surface area is 414 Å². The number of aliphatic hydroxyl groups excluding tert-OH is 6. The zero-order valence-corrected chi connectivity index (χ0v) is 39.5. The molecule has 13 atom stereocenters. The van der Waals surface area contributed by atoms with Gasteiger partial charge in [0.15, 0.2) is 11.5 Å². The Morgan fingerprint density at radius 2 is 1.49 bits per heavy atom. The van der Waals surface area contributed by atoms with Crippen molar-refractivity contribution in [3.8, 4) is 11.5 Å². The smallest absolute Gasteiger partial charge is 0.408 e. The molecule has 3 saturated heterocycles. The Kier molecular flexibility index (Phi) is 20.3. The average molecular weight is 1040 g/mol. The lowest BCUT2D eigenvalue weighted by Gasteiger charge is -2.33. The van der Waals surface area contributed by atoms with E-state index >= 15 is 0 Å². The topological polar surface area (TPSA) is 428 Å². The van der Waals surface area contributed by atoms with Crippen LogP contribution in [0.5, 0.6) is 11.5 Å². The summed E-state index contributed by atoms with van der Waals surface area (Å²) in [5, 5.41) is 101. The van der Waals surface area contributed by atoms with E-state index in [-0.39, 0.29) is 30.2 Å². The van der Waals surface area contributed by atoms with Crippen molar-refractivity contribution < 1.29 is 97.7 Å². The molecule has 0 aliphatic carbocycles. The number of nitrogens with one attached hydrogen (secondary N) is 5. The number of amides is 8. The van der Waals surface area contributed by atoms with Gasteiger partial charge in [0.2, 0.25) is 41.4 Å². The van der Waals surface area contributed by atoms with E-state index in [2.05, 4.69) is 36.0 Å². The number of aliphatic hydroxyl groups is 6. The Morgan fingerprint density at radius 1 is 0.819 bits per heavy atom. The molecule has 29 heteroatoms. The van der Waals surface area contributed by atoms with Crippen LogP contribution in [0.25, 0.3) is 0 Å². The number of primary amides is 1. The molecule has 8 amide bonds. The van der Waals surface area contributed by atoms with Crippen LogP contribution in [0.3, 0.4) is 0 Å². The molecule has 0 radical (unpaired) electrons. The van der Waals surface area contributed by atoms with Crippen LogP contribution in [-0.4, -0.2) is 191 Å². The summed E-state index contributed by atoms with van der Waals surface area (Å²) in [4.78, 5) is 112. The highest BCUT2D eigenvalue weighted by atomic mass is 32.2. The molecular weight excluding hydrogens is 981 g/mol. The second-order valence-electron chi connectivity index (χ2n) is 17.5. The summed E-state index contributed by atoms with van der Waals surface area (Å²) in [7, 11) is 0. The first-order chi connectivity index (χ1) is 34.1. The molecule has 15 N–H and O–H groups in total. The van der Waals surface area contributed by atoms with Crippen LogP contribution < -0.4 is 36.5 Å². The number of hydrogen-bond acceptors (Lipinski definition) is 21. The lowest BCUT2D eigenvalue weighted by Crippen LogP contribution is -2.64. The maximum atomic E-state index is 14.5. The zero-order valence-electron chi connectivity index (χ0n) is 38.6. The van der Waals surface area contributed by atoms with Crippen LogP contribution in [0.4, 0.5) is 4.79 Å². The molecule has 3 aliphatic rings. The van der Waals surface area contributed by atoms with Gasteiger partial charge in [-0.1, -0.05) is 52.7 Å². The van der Waals surface area contributed by atoms with E-state index in [0.29, 0.717) is 5.56 Å². The minimum absolute atomic E-state index is 0.0569. The number of phenolic OH excluding ortho intramolecular Hbond substituents is 1. The number of hydrogen-bond donors (Lipinski definition) is 14. The van der Waals surface area contributed by atoms with Crippen molar-refractivity contribution in [3.05, 3.63) is 59.7 Å². The van der Waals surface area contributed by atoms with Crippen LogP contribution >= 0.6 is 12.3 Å². The summed E-state index contributed by atoms with van der Waals surface area (Å²) in [6.07, 6.45) is -14.7. The van der Waals surface area contributed by atoms with Crippen molar-refractivity contribution in [2.45, 2.75) is 119 Å². The molecule has 5 rings (SSSR count). The third-order valence-corrected chi connectivity index (χ3v) is 12.4. The number of ether oxygens (including phenoxy) is 1. The van der Waals surface area contributed by atoms with Gasteiger partial charge in [-0.15, -0.1) is 0 Å². The van der Waals surface area contributed by atoms with Crippen LogP contribution in [0.2, 0.25) is 0 Å². The van der Waals surface area contributed by atoms with Gasteiger partial charge in [-0.25, -0.2) is 10.1 Å². The van der Waals surface area contributed by atoms with E-state index in [1.54, 1.807) is 30.3 Å². The molecule has 0 spiro atoms. The number of fused-ring (bicyclic) bond motifs is 2. The van der Waals surface area contributed by atoms with Gasteiger partial charge in [-0.05, 0) is 30.2 Å². The van der Waals surface area contributed by atoms with Gasteiger partial charge in [-0.2, -0.15) is 0 Å². The van der Waals surface area contributed by atoms with E-state index in [9.17, 15) is 74.1 Å². The van der Waals surface area contributed by atoms with Gasteiger partial charge >= 0.3 is 6.09 Å². The molecular formula is C43H58N8O20S. The van der Waals surface area contributed by atoms with E-state index in [4.69, 9.17) is 19.9 Å². The van der Waals surface area contributed by atoms with E-state index in [1.165, 1.54) is 13.0 Å². The molecule has 72 heavy (non-hydrogen) atoms. The Morgan fingerprint density at radius 3 is 2.15 bits per heavy atom. The fourth-order valence-electron chi connectivity index (χ4n) is 8.32. The quantitative estimate of drug-likeness (QED) is 0.0365. The third kappa shape index (κ3) is 14.8. The third-order valence-electron chi connectivity index (χ3n) is 12.0. The predicted octanol–water partition coefficient (Wildman–Crippen LogP) is -4.92. The van der Waals surface area contributed by atoms with Gasteiger partial charge in [0.25, 0.3) is 12.3 Å². The van der Waals surface area contributed by atoms with Gasteiger partial charge < -0.3 is 86.8 Å². The number of rotatable bonds is 14. The monoisotopic (exact) mass is 1040 g/mol. The molecule has 0 bridgehead atoms. The highest BCUT2D eigenvalue weighted by molar-refractivity contribution is 7.90. The van der Waals surface area contributed by atoms with Crippen LogP contribution in [-0.2, 0) is 60.7 Å². The Balaban J connectivity index is 1.56. The molecule has 1 unspecified atom stereocenters. The fraction of sp³-hybridized carbons (Fsp3) is 0.535. The summed E-state index contributed by atoms with van der Waals surface area (Å²) < 4.78 is 14.5. The lowest BCUT2D eigenvalue weighted by atomic mass is 9.98. The average Bonchev–Trinajstić information content (AvgIpc) is 3.87. The SMILES string of the molecule is C[C@@H](O)[C@@H]1NC(=O)C(NC(=O)OCc2ccccc2)C[C@@H](O)CNC(=O)[C@@H]2[C@@H](O)[C@@H](C)CN2C(=O)[C@H]([C@H](O)CC(N)=O)NC(=O)[C@H]([C@H](O)Cc2ccc(O)c(OSOOO)c2)NC(=O)[C@@H]2C[C@@H](O)CN2C1=O. The molecule has 28 nitrogen and oxygen atoms in total. The highest BCUT2D eigenvalue weighted by Gasteiger charge is 2.50. The molecule has 396 valence electrons. The first kappa shape index (κ1) is 56.5. The fourth-order valence-corrected chi connectivity index (χ4v) is 8.58. The number of carbonyl (C=O) groups is 8. The summed E-state index contributed by atoms with van der Waals surface area (Å²) >= 11 is 0.0569. The van der Waals surface area contributed by atoms with E-state index in [0.717, 1.165) is 28.9 Å². The van der Waals surface area contributed by atoms with Gasteiger partial charge in [0, 0.05) is 44.8 Å². The lowest BCUT2D eigenvalue weighted by molar-refractivity contribution is -0.433. The predicted molar refractivity (Wildman–Crippen MR) is 242 cm³/mol. The summed E-state index contributed by atoms with van der Waals surface area (Å²) in [5.74, 6) is -10.2. The number of benzene rings is 2. The van der Waals surface area contributed by atoms with Gasteiger partial charge in [0.05, 0.1) is 43.0 Å². The second-order valence-corrected chi connectivity index (χ2v) is 17.9. The molecule has 3 heterocycles. The van der Waals surface area contributed by atoms with Crippen molar-refractivity contribution in [1.82, 2.24) is 36.4 Å². The molecule has 0 saturated carbocycles. The normalized spacial score (nSPS) is 28.2. The number of carbonyl (C=O) groups excluding carboxylic acids is 8. The summed E-state index contributed by atoms with van der Waals surface area (Å²) in [5.41, 5.74) is 6.00. The van der Waals surface area contributed by atoms with Gasteiger partial charge in [0.1, 0.15) is 42.9 Å². The molecule has 3 aliphatic heterocycles. The Hall–Kier alpha value is -6.41. The van der Waals surface area contributed by atoms with Crippen molar-refractivity contribution >= 4 is 59.8 Å². The van der Waals surface area contributed by atoms with E-state index in [1.807, 2.05) is 0 Å². The first-order valence-corrected chi connectivity index (χ1v) is 23.0. The van der Waals surface area contributed by atoms with Crippen LogP contribution in [0, 0.1) is 5.92 Å². The van der Waals surface area contributed by atoms with Crippen LogP contribution in [0.15, 0.2) is 48.5 Å². The highest BCUT2D eigenvalue weighted by Crippen LogP contribution is 2.31. The number of nitrogens with two attached hydrogens (primary N) is 1. The van der Waals surface area contributed by atoms with Gasteiger partial charge in [-0.3, -0.25) is 33.6 Å². The number of aromatic hydroxyl groups is 1. The zero-order chi connectivity index (χ0) is 53.0. The second kappa shape index (κ2) is 25.8. The van der Waals surface area contributed by atoms with Crippen molar-refractivity contribution in [2.24, 2.45) is 11.7 Å². The largest absolute Gasteiger partial charge is 0.504 e. The van der Waals surface area contributed by atoms with Crippen LogP contribution in [0.1, 0.15) is 44.2 Å². The standard InChI is InChI=1S/C43H58N8O20S/c1-19-16-51-35(36(19)59)40(63)45-15-23(53)12-25(46-43(66)68-18-21-6-4-3-5-7-21)37(60)47-32(20(2)52)41(64)50-17-24(54)13-26(50)38(61)48-33(39(62)49-34(42(51)65)29(57)14-31(44)58)28(56)10-22-8-9-27(55)30(11-22)69-72-71-70-67/h3-9,11,19-20,23-26,28-29,32-36,52-57,59,67H,10,12-18H2,1-2H3,(H2,44,58)(H,45,63)(H,46,66)(H,47,60)(H,48,61)(H,49,62)/t19-,20+,23+,24+,25?,26-,28+,29+,32-,33-,34-,35-,36-/m0/s1. The maximum Gasteiger partial charge on any atom is 0.408 e.